The van der Waals surface area contributed by atoms with Gasteiger partial charge in [0.05, 0.1) is 0 Å². The maximum atomic E-state index is 2.67. The Morgan fingerprint density at radius 3 is 1.07 bits per heavy atom. The van der Waals surface area contributed by atoms with Crippen molar-refractivity contribution in [3.63, 3.8) is 0 Å². The van der Waals surface area contributed by atoms with Crippen molar-refractivity contribution < 1.29 is 4.57 Å². The molecule has 0 aromatic carbocycles. The van der Waals surface area contributed by atoms with Crippen molar-refractivity contribution in [3.8, 4) is 0 Å². The topological polar surface area (TPSA) is 3.88 Å². The summed E-state index contributed by atoms with van der Waals surface area (Å²) in [6, 6.07) is 4.82. The Bertz CT molecular complexity index is 694. The second-order valence-corrected chi connectivity index (χ2v) is 14.4. The molecule has 0 aliphatic rings. The number of nitrogens with zero attached hydrogens (tertiary/aromatic N) is 1. The van der Waals surface area contributed by atoms with Crippen LogP contribution < -0.4 is 4.57 Å². The summed E-state index contributed by atoms with van der Waals surface area (Å²) >= 11 is 0. The second-order valence-electron chi connectivity index (χ2n) is 14.4. The van der Waals surface area contributed by atoms with E-state index in [1.165, 1.54) is 225 Å². The molecule has 0 atom stereocenters. The van der Waals surface area contributed by atoms with Gasteiger partial charge in [0.25, 0.3) is 0 Å². The van der Waals surface area contributed by atoms with E-state index in [0.717, 1.165) is 0 Å². The average molecular weight is 613 g/mol. The molecule has 0 saturated carbocycles. The molecule has 1 rings (SSSR count). The van der Waals surface area contributed by atoms with Gasteiger partial charge >= 0.3 is 0 Å². The number of unbranched alkanes of at least 4 members (excludes halogenated alkanes) is 29. The van der Waals surface area contributed by atoms with Crippen LogP contribution in [0, 0.1) is 0 Å². The number of rotatable bonds is 35. The first-order valence-electron chi connectivity index (χ1n) is 20.8. The van der Waals surface area contributed by atoms with E-state index in [9.17, 15) is 0 Å². The van der Waals surface area contributed by atoms with Gasteiger partial charge < -0.3 is 0 Å². The molecule has 1 nitrogen and oxygen atoms in total. The molecule has 0 spiro atoms. The summed E-state index contributed by atoms with van der Waals surface area (Å²) in [6.45, 7) is 8.18. The van der Waals surface area contributed by atoms with E-state index in [-0.39, 0.29) is 0 Å². The van der Waals surface area contributed by atoms with Crippen LogP contribution in [0.25, 0.3) is 0 Å². The molecule has 0 aliphatic heterocycles. The van der Waals surface area contributed by atoms with Crippen LogP contribution in [-0.4, -0.2) is 0 Å². The van der Waals surface area contributed by atoms with Crippen LogP contribution in [0.5, 0.6) is 0 Å². The summed E-state index contributed by atoms with van der Waals surface area (Å²) < 4.78 is 2.67. The lowest BCUT2D eigenvalue weighted by molar-refractivity contribution is -0.705. The highest BCUT2D eigenvalue weighted by atomic mass is 15.0. The third-order valence-electron chi connectivity index (χ3n) is 10.1. The lowest BCUT2D eigenvalue weighted by Crippen LogP contribution is -2.39. The first kappa shape index (κ1) is 41.2. The Hall–Kier alpha value is -0.850. The van der Waals surface area contributed by atoms with Crippen molar-refractivity contribution in [1.82, 2.24) is 0 Å². The van der Waals surface area contributed by atoms with Crippen molar-refractivity contribution >= 4 is 0 Å². The summed E-state index contributed by atoms with van der Waals surface area (Å²) in [6.07, 6.45) is 50.8. The fraction of sp³-hybridized carbons (Fsp3) is 0.884. The molecule has 0 radical (unpaired) electrons. The second kappa shape index (κ2) is 33.5. The SMILES string of the molecule is CCCCCCCCCCCCCCc1ccc[n+](CCCCCCCCCC)c1CCCCCCCCCCCCCC. The Morgan fingerprint density at radius 2 is 0.682 bits per heavy atom. The standard InChI is InChI=1S/C43H82N/c1-4-7-10-13-16-19-21-23-25-27-30-33-37-42-38-36-41-44(40-35-32-29-18-15-12-9-6-3)43(42)39-34-31-28-26-24-22-20-17-14-11-8-5-2/h36,38,41H,4-35,37,39-40H2,1-3H3/q+1. The van der Waals surface area contributed by atoms with Crippen LogP contribution in [0.2, 0.25) is 0 Å². The van der Waals surface area contributed by atoms with Gasteiger partial charge in [0, 0.05) is 24.5 Å². The van der Waals surface area contributed by atoms with Gasteiger partial charge in [-0.2, -0.15) is 0 Å². The minimum absolute atomic E-state index is 1.23. The maximum Gasteiger partial charge on any atom is 0.184 e. The van der Waals surface area contributed by atoms with Gasteiger partial charge in [-0.15, -0.1) is 0 Å². The number of aryl methyl sites for hydroxylation is 2. The Balaban J connectivity index is 2.37. The van der Waals surface area contributed by atoms with Crippen LogP contribution in [0.4, 0.5) is 0 Å². The normalized spacial score (nSPS) is 11.5. The smallest absolute Gasteiger partial charge is 0.184 e. The molecule has 1 heterocycles. The minimum Gasteiger partial charge on any atom is -0.202 e. The van der Waals surface area contributed by atoms with Crippen LogP contribution >= 0.6 is 0 Å². The molecule has 1 heteroatoms. The lowest BCUT2D eigenvalue weighted by atomic mass is 9.99. The van der Waals surface area contributed by atoms with E-state index in [4.69, 9.17) is 0 Å². The number of pyridine rings is 1. The van der Waals surface area contributed by atoms with Gasteiger partial charge in [-0.1, -0.05) is 201 Å². The highest BCUT2D eigenvalue weighted by Crippen LogP contribution is 2.18. The quantitative estimate of drug-likeness (QED) is 0.0530. The van der Waals surface area contributed by atoms with Crippen LogP contribution in [-0.2, 0) is 19.4 Å². The highest BCUT2D eigenvalue weighted by Gasteiger charge is 2.15. The molecule has 0 bridgehead atoms. The molecule has 0 saturated heterocycles. The van der Waals surface area contributed by atoms with E-state index >= 15 is 0 Å². The zero-order chi connectivity index (χ0) is 31.6. The Kier molecular flexibility index (Phi) is 31.4. The van der Waals surface area contributed by atoms with E-state index in [1.807, 2.05) is 0 Å². The molecule has 44 heavy (non-hydrogen) atoms. The monoisotopic (exact) mass is 613 g/mol. The molecule has 1 aromatic rings. The lowest BCUT2D eigenvalue weighted by Gasteiger charge is -2.11. The number of hydrogen-bond donors (Lipinski definition) is 0. The summed E-state index contributed by atoms with van der Waals surface area (Å²) in [4.78, 5) is 0. The summed E-state index contributed by atoms with van der Waals surface area (Å²) in [5.74, 6) is 0. The van der Waals surface area contributed by atoms with Crippen molar-refractivity contribution in [2.24, 2.45) is 0 Å². The van der Waals surface area contributed by atoms with E-state index in [1.54, 1.807) is 11.3 Å². The molecule has 258 valence electrons. The van der Waals surface area contributed by atoms with E-state index in [2.05, 4.69) is 43.7 Å². The van der Waals surface area contributed by atoms with Crippen molar-refractivity contribution in [3.05, 3.63) is 29.6 Å². The molecule has 0 aliphatic carbocycles. The summed E-state index contributed by atoms with van der Waals surface area (Å²) in [5.41, 5.74) is 3.35. The predicted molar refractivity (Wildman–Crippen MR) is 199 cm³/mol. The van der Waals surface area contributed by atoms with Gasteiger partial charge in [-0.3, -0.25) is 0 Å². The highest BCUT2D eigenvalue weighted by molar-refractivity contribution is 5.16. The summed E-state index contributed by atoms with van der Waals surface area (Å²) in [5, 5.41) is 0. The Morgan fingerprint density at radius 1 is 0.364 bits per heavy atom. The van der Waals surface area contributed by atoms with Gasteiger partial charge in [0.2, 0.25) is 0 Å². The van der Waals surface area contributed by atoms with Gasteiger partial charge in [-0.05, 0) is 31.7 Å². The van der Waals surface area contributed by atoms with Crippen LogP contribution in [0.1, 0.15) is 237 Å². The average Bonchev–Trinajstić information content (AvgIpc) is 3.04. The first-order valence-corrected chi connectivity index (χ1v) is 20.8. The van der Waals surface area contributed by atoms with Crippen molar-refractivity contribution in [2.75, 3.05) is 0 Å². The van der Waals surface area contributed by atoms with Gasteiger partial charge in [0.15, 0.2) is 11.9 Å². The predicted octanol–water partition coefficient (Wildman–Crippen LogP) is 14.6. The molecule has 0 fully saturated rings. The zero-order valence-electron chi connectivity index (χ0n) is 30.9. The van der Waals surface area contributed by atoms with Crippen molar-refractivity contribution in [1.29, 1.82) is 0 Å². The summed E-state index contributed by atoms with van der Waals surface area (Å²) in [7, 11) is 0. The van der Waals surface area contributed by atoms with E-state index in [0.29, 0.717) is 0 Å². The van der Waals surface area contributed by atoms with Crippen molar-refractivity contribution in [2.45, 2.75) is 246 Å². The first-order chi connectivity index (χ1) is 21.8. The van der Waals surface area contributed by atoms with Crippen LogP contribution in [0.15, 0.2) is 18.3 Å². The molecular formula is C43H82N+. The Labute approximate surface area is 279 Å². The fourth-order valence-electron chi connectivity index (χ4n) is 7.08. The maximum absolute atomic E-state index is 2.67. The number of hydrogen-bond acceptors (Lipinski definition) is 0. The molecule has 0 unspecified atom stereocenters. The third kappa shape index (κ3) is 25.4. The van der Waals surface area contributed by atoms with Gasteiger partial charge in [0.1, 0.15) is 6.54 Å². The molecule has 0 N–H and O–H groups in total. The fourth-order valence-corrected chi connectivity index (χ4v) is 7.08. The zero-order valence-corrected chi connectivity index (χ0v) is 30.9. The minimum atomic E-state index is 1.23. The third-order valence-corrected chi connectivity index (χ3v) is 10.1. The van der Waals surface area contributed by atoms with E-state index < -0.39 is 0 Å². The largest absolute Gasteiger partial charge is 0.202 e. The molecular weight excluding hydrogens is 530 g/mol. The molecule has 1 aromatic heterocycles. The van der Waals surface area contributed by atoms with Crippen LogP contribution in [0.3, 0.4) is 0 Å². The van der Waals surface area contributed by atoms with Gasteiger partial charge in [-0.25, -0.2) is 4.57 Å². The number of aromatic nitrogens is 1. The molecule has 0 amide bonds.